The van der Waals surface area contributed by atoms with Crippen molar-refractivity contribution in [2.75, 3.05) is 38.3 Å². The molecule has 1 fully saturated rings. The fourth-order valence-corrected chi connectivity index (χ4v) is 4.65. The van der Waals surface area contributed by atoms with Crippen LogP contribution in [0.2, 0.25) is 0 Å². The van der Waals surface area contributed by atoms with Crippen LogP contribution in [0.5, 0.6) is 5.75 Å². The molecule has 1 saturated heterocycles. The molecule has 1 atom stereocenters. The SMILES string of the molecule is CCOC(=O)N1CCN(c2ncnc3c2c(-c2ccccc2F)cn3-c2cncc(OC)c2)C(C)C1. The number of carbonyl (C=O) groups is 1. The summed E-state index contributed by atoms with van der Waals surface area (Å²) in [5.41, 5.74) is 2.47. The zero-order chi connectivity index (χ0) is 25.2. The van der Waals surface area contributed by atoms with Crippen LogP contribution in [0.4, 0.5) is 15.0 Å². The Kier molecular flexibility index (Phi) is 6.41. The molecule has 1 amide bonds. The standard InChI is InChI=1S/C26H27FN6O3/c1-4-36-26(34)31-9-10-32(17(2)14-31)24-23-21(20-7-5-6-8-22(20)27)15-33(25(23)30-16-29-24)18-11-19(35-3)13-28-12-18/h5-8,11-13,15-17H,4,9-10,14H2,1-3H3. The molecular formula is C26H27FN6O3. The first kappa shape index (κ1) is 23.5. The van der Waals surface area contributed by atoms with E-state index in [4.69, 9.17) is 9.47 Å². The number of benzene rings is 1. The zero-order valence-electron chi connectivity index (χ0n) is 20.4. The van der Waals surface area contributed by atoms with Crippen molar-refractivity contribution in [3.8, 4) is 22.6 Å². The molecule has 1 aromatic carbocycles. The van der Waals surface area contributed by atoms with E-state index in [2.05, 4.69) is 19.9 Å². The maximum Gasteiger partial charge on any atom is 0.409 e. The minimum atomic E-state index is -0.338. The largest absolute Gasteiger partial charge is 0.495 e. The van der Waals surface area contributed by atoms with E-state index < -0.39 is 0 Å². The van der Waals surface area contributed by atoms with Gasteiger partial charge in [-0.3, -0.25) is 9.55 Å². The lowest BCUT2D eigenvalue weighted by Crippen LogP contribution is -2.54. The number of carbonyl (C=O) groups excluding carboxylic acids is 1. The van der Waals surface area contributed by atoms with E-state index in [1.165, 1.54) is 12.4 Å². The molecule has 0 aliphatic carbocycles. The normalized spacial score (nSPS) is 15.8. The Labute approximate surface area is 208 Å². The fraction of sp³-hybridized carbons (Fsp3) is 0.308. The quantitative estimate of drug-likeness (QED) is 0.412. The van der Waals surface area contributed by atoms with Gasteiger partial charge in [0.25, 0.3) is 0 Å². The van der Waals surface area contributed by atoms with Crippen LogP contribution in [0.25, 0.3) is 27.8 Å². The van der Waals surface area contributed by atoms with E-state index in [1.807, 2.05) is 23.8 Å². The van der Waals surface area contributed by atoms with Crippen molar-refractivity contribution in [2.45, 2.75) is 19.9 Å². The summed E-state index contributed by atoms with van der Waals surface area (Å²) in [6.07, 6.45) is 6.38. The molecule has 1 unspecified atom stereocenters. The first-order chi connectivity index (χ1) is 17.5. The predicted molar refractivity (Wildman–Crippen MR) is 134 cm³/mol. The molecule has 4 aromatic rings. The van der Waals surface area contributed by atoms with Crippen LogP contribution in [-0.2, 0) is 4.74 Å². The summed E-state index contributed by atoms with van der Waals surface area (Å²) < 4.78 is 27.5. The number of nitrogens with zero attached hydrogens (tertiary/aromatic N) is 6. The molecule has 5 rings (SSSR count). The van der Waals surface area contributed by atoms with E-state index in [-0.39, 0.29) is 18.0 Å². The Balaban J connectivity index is 1.66. The summed E-state index contributed by atoms with van der Waals surface area (Å²) in [6.45, 7) is 5.68. The van der Waals surface area contributed by atoms with Crippen LogP contribution in [0.3, 0.4) is 0 Å². The summed E-state index contributed by atoms with van der Waals surface area (Å²) in [7, 11) is 1.58. The van der Waals surface area contributed by atoms with Gasteiger partial charge in [-0.1, -0.05) is 18.2 Å². The monoisotopic (exact) mass is 490 g/mol. The third-order valence-electron chi connectivity index (χ3n) is 6.37. The summed E-state index contributed by atoms with van der Waals surface area (Å²) in [6, 6.07) is 8.46. The Morgan fingerprint density at radius 1 is 1.17 bits per heavy atom. The van der Waals surface area contributed by atoms with Crippen LogP contribution in [0.15, 0.2) is 55.2 Å². The number of methoxy groups -OCH3 is 1. The van der Waals surface area contributed by atoms with Crippen molar-refractivity contribution in [2.24, 2.45) is 0 Å². The molecule has 9 nitrogen and oxygen atoms in total. The van der Waals surface area contributed by atoms with Crippen molar-refractivity contribution >= 4 is 22.9 Å². The molecule has 1 aliphatic heterocycles. The predicted octanol–water partition coefficient (Wildman–Crippen LogP) is 4.30. The van der Waals surface area contributed by atoms with Crippen molar-refractivity contribution in [3.05, 3.63) is 61.1 Å². The highest BCUT2D eigenvalue weighted by molar-refractivity contribution is 6.02. The Morgan fingerprint density at radius 3 is 2.75 bits per heavy atom. The topological polar surface area (TPSA) is 85.6 Å². The minimum absolute atomic E-state index is 0.0448. The number of fused-ring (bicyclic) bond motifs is 1. The van der Waals surface area contributed by atoms with Gasteiger partial charge in [-0.2, -0.15) is 0 Å². The molecular weight excluding hydrogens is 463 g/mol. The number of aromatic nitrogens is 4. The molecule has 4 heterocycles. The van der Waals surface area contributed by atoms with E-state index in [0.29, 0.717) is 54.6 Å². The van der Waals surface area contributed by atoms with Crippen molar-refractivity contribution in [3.63, 3.8) is 0 Å². The lowest BCUT2D eigenvalue weighted by molar-refractivity contribution is 0.100. The molecule has 0 N–H and O–H groups in total. The summed E-state index contributed by atoms with van der Waals surface area (Å²) >= 11 is 0. The van der Waals surface area contributed by atoms with E-state index in [9.17, 15) is 4.79 Å². The zero-order valence-corrected chi connectivity index (χ0v) is 20.4. The summed E-state index contributed by atoms with van der Waals surface area (Å²) in [4.78, 5) is 29.6. The van der Waals surface area contributed by atoms with Gasteiger partial charge in [0, 0.05) is 49.1 Å². The molecule has 0 bridgehead atoms. The van der Waals surface area contributed by atoms with Gasteiger partial charge >= 0.3 is 6.09 Å². The highest BCUT2D eigenvalue weighted by Gasteiger charge is 2.31. The van der Waals surface area contributed by atoms with Gasteiger partial charge in [-0.15, -0.1) is 0 Å². The van der Waals surface area contributed by atoms with E-state index in [1.54, 1.807) is 49.5 Å². The van der Waals surface area contributed by atoms with Gasteiger partial charge in [0.2, 0.25) is 0 Å². The van der Waals surface area contributed by atoms with Crippen LogP contribution in [0, 0.1) is 5.82 Å². The van der Waals surface area contributed by atoms with Gasteiger partial charge < -0.3 is 19.3 Å². The Bertz CT molecular complexity index is 1410. The second-order valence-electron chi connectivity index (χ2n) is 8.56. The van der Waals surface area contributed by atoms with Crippen molar-refractivity contribution in [1.29, 1.82) is 0 Å². The fourth-order valence-electron chi connectivity index (χ4n) is 4.65. The number of amides is 1. The first-order valence-corrected chi connectivity index (χ1v) is 11.8. The van der Waals surface area contributed by atoms with E-state index >= 15 is 4.39 Å². The summed E-state index contributed by atoms with van der Waals surface area (Å²) in [5, 5.41) is 0.724. The molecule has 36 heavy (non-hydrogen) atoms. The third-order valence-corrected chi connectivity index (χ3v) is 6.37. The molecule has 0 radical (unpaired) electrons. The second kappa shape index (κ2) is 9.80. The number of halogens is 1. The highest BCUT2D eigenvalue weighted by Crippen LogP contribution is 2.38. The number of pyridine rings is 1. The number of hydrogen-bond acceptors (Lipinski definition) is 7. The Morgan fingerprint density at radius 2 is 2.00 bits per heavy atom. The van der Waals surface area contributed by atoms with Crippen LogP contribution >= 0.6 is 0 Å². The number of hydrogen-bond donors (Lipinski definition) is 0. The average molecular weight is 491 g/mol. The number of rotatable bonds is 5. The van der Waals surface area contributed by atoms with Crippen molar-refractivity contribution in [1.82, 2.24) is 24.4 Å². The Hall–Kier alpha value is -4.21. The van der Waals surface area contributed by atoms with Crippen LogP contribution in [-0.4, -0.2) is 69.9 Å². The molecule has 1 aliphatic rings. The second-order valence-corrected chi connectivity index (χ2v) is 8.56. The highest BCUT2D eigenvalue weighted by atomic mass is 19.1. The van der Waals surface area contributed by atoms with Crippen molar-refractivity contribution < 1.29 is 18.7 Å². The molecule has 10 heteroatoms. The number of ether oxygens (including phenoxy) is 2. The number of piperazine rings is 1. The maximum atomic E-state index is 15.0. The van der Waals surface area contributed by atoms with Crippen LogP contribution < -0.4 is 9.64 Å². The van der Waals surface area contributed by atoms with Gasteiger partial charge in [0.15, 0.2) is 5.65 Å². The smallest absolute Gasteiger partial charge is 0.409 e. The molecule has 186 valence electrons. The first-order valence-electron chi connectivity index (χ1n) is 11.8. The number of anilines is 1. The molecule has 3 aromatic heterocycles. The summed E-state index contributed by atoms with van der Waals surface area (Å²) in [5.74, 6) is 0.943. The van der Waals surface area contributed by atoms with Gasteiger partial charge in [-0.25, -0.2) is 19.2 Å². The minimum Gasteiger partial charge on any atom is -0.495 e. The van der Waals surface area contributed by atoms with Gasteiger partial charge in [0.1, 0.15) is 23.7 Å². The molecule has 0 spiro atoms. The lowest BCUT2D eigenvalue weighted by atomic mass is 10.0. The van der Waals surface area contributed by atoms with Gasteiger partial charge in [0.05, 0.1) is 37.2 Å². The lowest BCUT2D eigenvalue weighted by Gasteiger charge is -2.40. The van der Waals surface area contributed by atoms with Crippen LogP contribution in [0.1, 0.15) is 13.8 Å². The molecule has 0 saturated carbocycles. The third kappa shape index (κ3) is 4.19. The van der Waals surface area contributed by atoms with Gasteiger partial charge in [-0.05, 0) is 19.9 Å². The van der Waals surface area contributed by atoms with E-state index in [0.717, 1.165) is 11.1 Å². The maximum absolute atomic E-state index is 15.0. The average Bonchev–Trinajstić information content (AvgIpc) is 3.29.